The van der Waals surface area contributed by atoms with E-state index in [1.165, 1.54) is 0 Å². The highest BCUT2D eigenvalue weighted by atomic mass is 79.9. The SMILES string of the molecule is CCOC(=O)c1noc(C2CC2)c1C(=O)C1C=CC=CC1(C)Br. The molecule has 0 N–H and O–H groups in total. The molecule has 0 radical (unpaired) electrons. The molecule has 6 heteroatoms. The van der Waals surface area contributed by atoms with Gasteiger partial charge < -0.3 is 9.26 Å². The number of ether oxygens (including phenoxy) is 1. The van der Waals surface area contributed by atoms with Gasteiger partial charge in [0.1, 0.15) is 0 Å². The van der Waals surface area contributed by atoms with E-state index in [2.05, 4.69) is 21.1 Å². The molecule has 0 aromatic carbocycles. The Bertz CT molecular complexity index is 697. The van der Waals surface area contributed by atoms with Crippen molar-refractivity contribution in [3.05, 3.63) is 41.3 Å². The van der Waals surface area contributed by atoms with Crippen LogP contribution in [0.25, 0.3) is 0 Å². The van der Waals surface area contributed by atoms with Gasteiger partial charge in [-0.2, -0.15) is 0 Å². The number of Topliss-reactive ketones (excluding diaryl/α,β-unsaturated/α-hetero) is 1. The van der Waals surface area contributed by atoms with Crippen molar-refractivity contribution in [1.82, 2.24) is 5.16 Å². The molecule has 2 unspecified atom stereocenters. The highest BCUT2D eigenvalue weighted by Crippen LogP contribution is 2.44. The van der Waals surface area contributed by atoms with E-state index in [4.69, 9.17) is 9.26 Å². The first-order valence-corrected chi connectivity index (χ1v) is 8.50. The van der Waals surface area contributed by atoms with Crippen molar-refractivity contribution < 1.29 is 18.8 Å². The standard InChI is InChI=1S/C17H18BrNO4/c1-3-22-16(21)13-12(15(23-19-13)10-7-8-10)14(20)11-6-4-5-9-17(11,2)18/h4-6,9-11H,3,7-8H2,1-2H3. The Hall–Kier alpha value is -1.69. The smallest absolute Gasteiger partial charge is 0.361 e. The van der Waals surface area contributed by atoms with Crippen molar-refractivity contribution in [1.29, 1.82) is 0 Å². The topological polar surface area (TPSA) is 69.4 Å². The molecule has 0 saturated heterocycles. The van der Waals surface area contributed by atoms with Crippen LogP contribution in [0.1, 0.15) is 59.2 Å². The lowest BCUT2D eigenvalue weighted by Crippen LogP contribution is -2.33. The number of rotatable bonds is 5. The zero-order chi connectivity index (χ0) is 16.6. The molecule has 0 bridgehead atoms. The number of carbonyl (C=O) groups is 2. The first kappa shape index (κ1) is 16.2. The Labute approximate surface area is 142 Å². The Kier molecular flexibility index (Phi) is 4.27. The van der Waals surface area contributed by atoms with Crippen molar-refractivity contribution in [3.8, 4) is 0 Å². The fraction of sp³-hybridized carbons (Fsp3) is 0.471. The number of esters is 1. The summed E-state index contributed by atoms with van der Waals surface area (Å²) in [5, 5.41) is 3.83. The second-order valence-corrected chi connectivity index (χ2v) is 7.71. The van der Waals surface area contributed by atoms with E-state index in [1.807, 2.05) is 31.2 Å². The predicted molar refractivity (Wildman–Crippen MR) is 87.9 cm³/mol. The third kappa shape index (κ3) is 3.04. The number of hydrogen-bond acceptors (Lipinski definition) is 5. The molecule has 0 amide bonds. The molecule has 2 atom stereocenters. The molecule has 1 heterocycles. The second kappa shape index (κ2) is 6.07. The summed E-state index contributed by atoms with van der Waals surface area (Å²) in [7, 11) is 0. The maximum absolute atomic E-state index is 13.1. The number of allylic oxidation sites excluding steroid dienone is 4. The molecule has 2 aliphatic carbocycles. The largest absolute Gasteiger partial charge is 0.461 e. The Morgan fingerprint density at radius 3 is 2.78 bits per heavy atom. The first-order valence-electron chi connectivity index (χ1n) is 7.71. The van der Waals surface area contributed by atoms with E-state index in [1.54, 1.807) is 6.92 Å². The minimum atomic E-state index is -0.613. The summed E-state index contributed by atoms with van der Waals surface area (Å²) < 4.78 is 9.84. The van der Waals surface area contributed by atoms with Crippen molar-refractivity contribution in [3.63, 3.8) is 0 Å². The van der Waals surface area contributed by atoms with E-state index < -0.39 is 16.2 Å². The van der Waals surface area contributed by atoms with Gasteiger partial charge in [0.25, 0.3) is 0 Å². The van der Waals surface area contributed by atoms with Gasteiger partial charge in [-0.1, -0.05) is 45.4 Å². The van der Waals surface area contributed by atoms with Crippen LogP contribution < -0.4 is 0 Å². The van der Waals surface area contributed by atoms with Gasteiger partial charge >= 0.3 is 5.97 Å². The number of aromatic nitrogens is 1. The molecule has 0 aliphatic heterocycles. The van der Waals surface area contributed by atoms with Gasteiger partial charge in [-0.25, -0.2) is 4.79 Å². The summed E-state index contributed by atoms with van der Waals surface area (Å²) in [6.45, 7) is 3.86. The van der Waals surface area contributed by atoms with Crippen molar-refractivity contribution >= 4 is 27.7 Å². The van der Waals surface area contributed by atoms with E-state index in [0.29, 0.717) is 5.76 Å². The lowest BCUT2D eigenvalue weighted by atomic mass is 9.83. The van der Waals surface area contributed by atoms with Gasteiger partial charge in [-0.05, 0) is 26.7 Å². The van der Waals surface area contributed by atoms with E-state index in [9.17, 15) is 9.59 Å². The molecule has 1 aromatic rings. The Morgan fingerprint density at radius 2 is 2.17 bits per heavy atom. The molecule has 23 heavy (non-hydrogen) atoms. The summed E-state index contributed by atoms with van der Waals surface area (Å²) in [6, 6.07) is 0. The monoisotopic (exact) mass is 379 g/mol. The van der Waals surface area contributed by atoms with Crippen molar-refractivity contribution in [2.75, 3.05) is 6.61 Å². The van der Waals surface area contributed by atoms with Crippen LogP contribution in [0.2, 0.25) is 0 Å². The molecule has 1 aromatic heterocycles. The minimum absolute atomic E-state index is 0.00926. The number of ketones is 1. The van der Waals surface area contributed by atoms with Crippen LogP contribution >= 0.6 is 15.9 Å². The average molecular weight is 380 g/mol. The van der Waals surface area contributed by atoms with Crippen LogP contribution in [-0.4, -0.2) is 27.8 Å². The maximum atomic E-state index is 13.1. The number of alkyl halides is 1. The van der Waals surface area contributed by atoms with Crippen LogP contribution in [0.5, 0.6) is 0 Å². The summed E-state index contributed by atoms with van der Waals surface area (Å²) in [6.07, 6.45) is 9.37. The summed E-state index contributed by atoms with van der Waals surface area (Å²) in [5.74, 6) is -0.523. The van der Waals surface area contributed by atoms with Crippen LogP contribution in [-0.2, 0) is 4.74 Å². The summed E-state index contributed by atoms with van der Waals surface area (Å²) in [5.41, 5.74) is 0.270. The second-order valence-electron chi connectivity index (χ2n) is 6.00. The molecule has 0 spiro atoms. The summed E-state index contributed by atoms with van der Waals surface area (Å²) >= 11 is 3.59. The first-order chi connectivity index (χ1) is 11.0. The normalized spacial score (nSPS) is 26.3. The molecular formula is C17H18BrNO4. The molecular weight excluding hydrogens is 362 g/mol. The molecule has 1 saturated carbocycles. The van der Waals surface area contributed by atoms with Gasteiger partial charge in [0, 0.05) is 5.92 Å². The number of halogens is 1. The quantitative estimate of drug-likeness (QED) is 0.442. The van der Waals surface area contributed by atoms with Gasteiger partial charge in [-0.15, -0.1) is 0 Å². The predicted octanol–water partition coefficient (Wildman–Crippen LogP) is 3.81. The zero-order valence-corrected chi connectivity index (χ0v) is 14.6. The Morgan fingerprint density at radius 1 is 1.43 bits per heavy atom. The number of hydrogen-bond donors (Lipinski definition) is 0. The van der Waals surface area contributed by atoms with Crippen LogP contribution in [0.3, 0.4) is 0 Å². The third-order valence-electron chi connectivity index (χ3n) is 4.11. The molecule has 1 fully saturated rings. The fourth-order valence-corrected chi connectivity index (χ4v) is 3.23. The minimum Gasteiger partial charge on any atom is -0.461 e. The fourth-order valence-electron chi connectivity index (χ4n) is 2.71. The maximum Gasteiger partial charge on any atom is 0.361 e. The van der Waals surface area contributed by atoms with Crippen LogP contribution in [0.15, 0.2) is 28.8 Å². The van der Waals surface area contributed by atoms with Crippen LogP contribution in [0, 0.1) is 5.92 Å². The van der Waals surface area contributed by atoms with E-state index in [0.717, 1.165) is 12.8 Å². The van der Waals surface area contributed by atoms with Gasteiger partial charge in [0.15, 0.2) is 11.5 Å². The van der Waals surface area contributed by atoms with Crippen LogP contribution in [0.4, 0.5) is 0 Å². The van der Waals surface area contributed by atoms with E-state index in [-0.39, 0.29) is 29.6 Å². The zero-order valence-electron chi connectivity index (χ0n) is 13.0. The highest BCUT2D eigenvalue weighted by Gasteiger charge is 2.42. The van der Waals surface area contributed by atoms with E-state index >= 15 is 0 Å². The number of nitrogens with zero attached hydrogens (tertiary/aromatic N) is 1. The van der Waals surface area contributed by atoms with Gasteiger partial charge in [0.05, 0.1) is 22.4 Å². The average Bonchev–Trinajstić information content (AvgIpc) is 3.25. The Balaban J connectivity index is 2.01. The summed E-state index contributed by atoms with van der Waals surface area (Å²) in [4.78, 5) is 25.3. The number of carbonyl (C=O) groups excluding carboxylic acids is 2. The van der Waals surface area contributed by atoms with Gasteiger partial charge in [-0.3, -0.25) is 4.79 Å². The lowest BCUT2D eigenvalue weighted by molar-refractivity contribution is 0.0511. The van der Waals surface area contributed by atoms with Gasteiger partial charge in [0.2, 0.25) is 5.69 Å². The molecule has 5 nitrogen and oxygen atoms in total. The highest BCUT2D eigenvalue weighted by molar-refractivity contribution is 9.10. The third-order valence-corrected chi connectivity index (χ3v) is 4.87. The molecule has 122 valence electrons. The van der Waals surface area contributed by atoms with Crippen molar-refractivity contribution in [2.24, 2.45) is 5.92 Å². The van der Waals surface area contributed by atoms with Crippen molar-refractivity contribution in [2.45, 2.75) is 36.9 Å². The molecule has 2 aliphatic rings. The molecule has 3 rings (SSSR count). The lowest BCUT2D eigenvalue weighted by Gasteiger charge is -2.28.